The van der Waals surface area contributed by atoms with Crippen molar-refractivity contribution in [2.24, 2.45) is 0 Å². The number of aliphatic hydroxyl groups excluding tert-OH is 1. The molecule has 10 nitrogen and oxygen atoms in total. The lowest BCUT2D eigenvalue weighted by atomic mass is 10.2. The minimum atomic E-state index is -0.512. The molecule has 0 bridgehead atoms. The first-order valence-corrected chi connectivity index (χ1v) is 11.4. The zero-order valence-corrected chi connectivity index (χ0v) is 20.8. The zero-order valence-electron chi connectivity index (χ0n) is 19.2. The number of anilines is 6. The molecule has 2 aromatic heterocycles. The third-order valence-corrected chi connectivity index (χ3v) is 5.33. The molecule has 5 N–H and O–H groups in total. The fourth-order valence-electron chi connectivity index (χ4n) is 2.68. The van der Waals surface area contributed by atoms with Crippen LogP contribution in [-0.4, -0.2) is 69.3 Å². The molecule has 0 aliphatic heterocycles. The molecule has 176 valence electrons. The van der Waals surface area contributed by atoms with Crippen molar-refractivity contribution in [3.05, 3.63) is 47.2 Å². The first kappa shape index (κ1) is 24.6. The molecule has 0 amide bonds. The molecular formula is C22H30BrN9O. The maximum absolute atomic E-state index is 9.73. The van der Waals surface area contributed by atoms with Gasteiger partial charge in [-0.25, -0.2) is 9.97 Å². The lowest BCUT2D eigenvalue weighted by Crippen LogP contribution is -2.28. The molecule has 1 aromatic carbocycles. The van der Waals surface area contributed by atoms with Gasteiger partial charge in [-0.15, -0.1) is 0 Å². The molecule has 0 aliphatic carbocycles. The predicted molar refractivity (Wildman–Crippen MR) is 137 cm³/mol. The first-order valence-electron chi connectivity index (χ1n) is 10.6. The van der Waals surface area contributed by atoms with E-state index in [4.69, 9.17) is 0 Å². The van der Waals surface area contributed by atoms with Gasteiger partial charge in [0.05, 0.1) is 16.6 Å². The molecule has 0 saturated heterocycles. The Bertz CT molecular complexity index is 1030. The lowest BCUT2D eigenvalue weighted by Gasteiger charge is -2.18. The van der Waals surface area contributed by atoms with Crippen LogP contribution in [0.4, 0.5) is 34.9 Å². The quantitative estimate of drug-likeness (QED) is 0.258. The number of aliphatic hydroxyl groups is 1. The Kier molecular flexibility index (Phi) is 8.75. The van der Waals surface area contributed by atoms with Crippen molar-refractivity contribution < 1.29 is 5.11 Å². The van der Waals surface area contributed by atoms with E-state index in [1.54, 1.807) is 19.3 Å². The van der Waals surface area contributed by atoms with E-state index in [1.807, 2.05) is 51.4 Å². The van der Waals surface area contributed by atoms with Crippen LogP contribution in [0.25, 0.3) is 0 Å². The van der Waals surface area contributed by atoms with Gasteiger partial charge in [0, 0.05) is 36.9 Å². The molecule has 2 atom stereocenters. The summed E-state index contributed by atoms with van der Waals surface area (Å²) in [4.78, 5) is 19.7. The smallest absolute Gasteiger partial charge is 0.229 e. The van der Waals surface area contributed by atoms with Crippen LogP contribution in [0.3, 0.4) is 0 Å². The number of likely N-dealkylation sites (N-methyl/N-ethyl adjacent to an activating group) is 1. The van der Waals surface area contributed by atoms with Gasteiger partial charge in [0.25, 0.3) is 0 Å². The van der Waals surface area contributed by atoms with Gasteiger partial charge in [-0.1, -0.05) is 0 Å². The summed E-state index contributed by atoms with van der Waals surface area (Å²) >= 11 is 3.44. The molecule has 11 heteroatoms. The summed E-state index contributed by atoms with van der Waals surface area (Å²) in [5, 5.41) is 22.6. The number of hydrogen-bond acceptors (Lipinski definition) is 10. The Hall–Kier alpha value is -3.02. The Morgan fingerprint density at radius 1 is 0.970 bits per heavy atom. The van der Waals surface area contributed by atoms with Crippen molar-refractivity contribution in [2.45, 2.75) is 26.0 Å². The Morgan fingerprint density at radius 3 is 2.21 bits per heavy atom. The van der Waals surface area contributed by atoms with E-state index < -0.39 is 6.10 Å². The Morgan fingerprint density at radius 2 is 1.61 bits per heavy atom. The maximum Gasteiger partial charge on any atom is 0.229 e. The van der Waals surface area contributed by atoms with Crippen LogP contribution in [0.5, 0.6) is 0 Å². The molecule has 0 radical (unpaired) electrons. The molecule has 3 aromatic rings. The van der Waals surface area contributed by atoms with Crippen molar-refractivity contribution >= 4 is 50.8 Å². The third-order valence-electron chi connectivity index (χ3n) is 4.75. The number of aromatic nitrogens is 4. The summed E-state index contributed by atoms with van der Waals surface area (Å²) < 4.78 is 0.721. The fraction of sp³-hybridized carbons (Fsp3) is 0.364. The summed E-state index contributed by atoms with van der Waals surface area (Å²) in [5.41, 5.74) is 1.69. The van der Waals surface area contributed by atoms with Crippen molar-refractivity contribution in [3.8, 4) is 0 Å². The number of hydrogen-bond donors (Lipinski definition) is 5. The van der Waals surface area contributed by atoms with Crippen molar-refractivity contribution in [1.82, 2.24) is 24.8 Å². The maximum atomic E-state index is 9.73. The van der Waals surface area contributed by atoms with E-state index >= 15 is 0 Å². The van der Waals surface area contributed by atoms with E-state index in [0.29, 0.717) is 17.7 Å². The van der Waals surface area contributed by atoms with E-state index in [-0.39, 0.29) is 6.04 Å². The molecule has 0 fully saturated rings. The molecule has 0 unspecified atom stereocenters. The molecule has 0 saturated carbocycles. The SMILES string of the molecule is C[C@@H](O)[C@@H](C)Nc1nc(Nc2ccc(Nc3nccc(NCCN(C)C)n3)cc2)ncc1Br. The van der Waals surface area contributed by atoms with Gasteiger partial charge >= 0.3 is 0 Å². The second kappa shape index (κ2) is 11.7. The van der Waals surface area contributed by atoms with Gasteiger partial charge < -0.3 is 31.3 Å². The highest BCUT2D eigenvalue weighted by molar-refractivity contribution is 9.10. The van der Waals surface area contributed by atoms with Gasteiger partial charge in [-0.3, -0.25) is 0 Å². The van der Waals surface area contributed by atoms with Crippen LogP contribution < -0.4 is 21.3 Å². The minimum absolute atomic E-state index is 0.154. The second-order valence-electron chi connectivity index (χ2n) is 7.89. The molecule has 2 heterocycles. The van der Waals surface area contributed by atoms with Gasteiger partial charge in [0.1, 0.15) is 11.6 Å². The number of nitrogens with zero attached hydrogens (tertiary/aromatic N) is 5. The van der Waals surface area contributed by atoms with Crippen LogP contribution in [-0.2, 0) is 0 Å². The average molecular weight is 516 g/mol. The average Bonchev–Trinajstić information content (AvgIpc) is 2.77. The predicted octanol–water partition coefficient (Wildman–Crippen LogP) is 3.67. The van der Waals surface area contributed by atoms with Crippen molar-refractivity contribution in [1.29, 1.82) is 0 Å². The summed E-state index contributed by atoms with van der Waals surface area (Å²) in [6, 6.07) is 9.36. The fourth-order valence-corrected chi connectivity index (χ4v) is 2.99. The topological polar surface area (TPSA) is 123 Å². The van der Waals surface area contributed by atoms with Crippen molar-refractivity contribution in [3.63, 3.8) is 0 Å². The third kappa shape index (κ3) is 7.81. The van der Waals surface area contributed by atoms with E-state index in [1.165, 1.54) is 0 Å². The van der Waals surface area contributed by atoms with E-state index in [2.05, 4.69) is 62.0 Å². The van der Waals surface area contributed by atoms with Crippen molar-refractivity contribution in [2.75, 3.05) is 48.5 Å². The van der Waals surface area contributed by atoms with Gasteiger partial charge in [0.2, 0.25) is 11.9 Å². The van der Waals surface area contributed by atoms with Crippen LogP contribution in [0.2, 0.25) is 0 Å². The monoisotopic (exact) mass is 515 g/mol. The highest BCUT2D eigenvalue weighted by Gasteiger charge is 2.12. The number of rotatable bonds is 11. The number of benzene rings is 1. The van der Waals surface area contributed by atoms with E-state index in [9.17, 15) is 5.11 Å². The van der Waals surface area contributed by atoms with Gasteiger partial charge in [-0.05, 0) is 74.2 Å². The Labute approximate surface area is 202 Å². The summed E-state index contributed by atoms with van der Waals surface area (Å²) in [6.07, 6.45) is 2.87. The molecule has 0 spiro atoms. The highest BCUT2D eigenvalue weighted by Crippen LogP contribution is 2.24. The first-order chi connectivity index (χ1) is 15.8. The Balaban J connectivity index is 1.61. The van der Waals surface area contributed by atoms with Crippen LogP contribution in [0, 0.1) is 0 Å². The minimum Gasteiger partial charge on any atom is -0.391 e. The van der Waals surface area contributed by atoms with Gasteiger partial charge in [-0.2, -0.15) is 9.97 Å². The van der Waals surface area contributed by atoms with Gasteiger partial charge in [0.15, 0.2) is 0 Å². The van der Waals surface area contributed by atoms with Crippen LogP contribution in [0.1, 0.15) is 13.8 Å². The molecular weight excluding hydrogens is 486 g/mol. The summed E-state index contributed by atoms with van der Waals surface area (Å²) in [5.74, 6) is 2.34. The number of nitrogens with one attached hydrogen (secondary N) is 4. The summed E-state index contributed by atoms with van der Waals surface area (Å²) in [6.45, 7) is 5.33. The van der Waals surface area contributed by atoms with E-state index in [0.717, 1.165) is 34.8 Å². The molecule has 33 heavy (non-hydrogen) atoms. The lowest BCUT2D eigenvalue weighted by molar-refractivity contribution is 0.177. The largest absolute Gasteiger partial charge is 0.391 e. The highest BCUT2D eigenvalue weighted by atomic mass is 79.9. The number of halogens is 1. The summed E-state index contributed by atoms with van der Waals surface area (Å²) in [7, 11) is 4.06. The molecule has 3 rings (SSSR count). The van der Waals surface area contributed by atoms with Crippen LogP contribution in [0.15, 0.2) is 47.2 Å². The zero-order chi connectivity index (χ0) is 23.8. The standard InChI is InChI=1S/C22H30BrN9O/c1-14(15(2)33)27-20-18(23)13-26-22(31-20)29-17-7-5-16(6-8-17)28-21-25-10-9-19(30-21)24-11-12-32(3)4/h5-10,13-15,33H,11-12H2,1-4H3,(H2,24,25,28,30)(H2,26,27,29,31)/t14-,15-/m1/s1. The van der Waals surface area contributed by atoms with Crippen LogP contribution >= 0.6 is 15.9 Å². The normalized spacial score (nSPS) is 12.8. The second-order valence-corrected chi connectivity index (χ2v) is 8.74. The molecule has 0 aliphatic rings.